The van der Waals surface area contributed by atoms with Gasteiger partial charge in [-0.2, -0.15) is 0 Å². The smallest absolute Gasteiger partial charge is 0.217 e. The first kappa shape index (κ1) is 17.1. The van der Waals surface area contributed by atoms with Gasteiger partial charge in [0.2, 0.25) is 10.0 Å². The second-order valence-corrected chi connectivity index (χ2v) is 9.16. The summed E-state index contributed by atoms with van der Waals surface area (Å²) >= 11 is 3.37. The average Bonchev–Trinajstić information content (AvgIpc) is 2.58. The minimum atomic E-state index is -3.18. The number of sulfonamides is 1. The first-order chi connectivity index (χ1) is 11.1. The lowest BCUT2D eigenvalue weighted by atomic mass is 10.1. The molecule has 0 aliphatic carbocycles. The molecule has 6 nitrogen and oxygen atoms in total. The van der Waals surface area contributed by atoms with E-state index in [4.69, 9.17) is 4.74 Å². The predicted molar refractivity (Wildman–Crippen MR) is 92.9 cm³/mol. The maximum Gasteiger partial charge on any atom is 0.217 e. The van der Waals surface area contributed by atoms with Gasteiger partial charge in [-0.05, 0) is 53.7 Å². The Hall–Kier alpha value is -0.700. The molecule has 0 amide bonds. The minimum Gasteiger partial charge on any atom is -0.381 e. The van der Waals surface area contributed by atoms with Gasteiger partial charge >= 0.3 is 0 Å². The van der Waals surface area contributed by atoms with E-state index in [0.717, 1.165) is 23.1 Å². The molecule has 0 spiro atoms. The second kappa shape index (κ2) is 7.46. The van der Waals surface area contributed by atoms with Crippen LogP contribution in [0.25, 0.3) is 0 Å². The Morgan fingerprint density at radius 2 is 1.87 bits per heavy atom. The Bertz CT molecular complexity index is 609. The van der Waals surface area contributed by atoms with Crippen molar-refractivity contribution in [2.45, 2.75) is 37.0 Å². The number of anilines is 1. The standard InChI is InChI=1S/C15H22BrN3O3S/c16-12-1-2-15(17-11-12)18-13-3-7-19(8-4-13)23(20,21)14-5-9-22-10-6-14/h1-2,11,13-14H,3-10H2,(H,17,18). The van der Waals surface area contributed by atoms with Crippen LogP contribution in [0.5, 0.6) is 0 Å². The molecule has 0 aromatic carbocycles. The van der Waals surface area contributed by atoms with Crippen molar-refractivity contribution < 1.29 is 13.2 Å². The van der Waals surface area contributed by atoms with E-state index in [0.29, 0.717) is 39.1 Å². The Balaban J connectivity index is 1.54. The van der Waals surface area contributed by atoms with E-state index in [-0.39, 0.29) is 11.3 Å². The largest absolute Gasteiger partial charge is 0.381 e. The molecule has 1 aromatic rings. The van der Waals surface area contributed by atoms with E-state index in [1.807, 2.05) is 12.1 Å². The SMILES string of the molecule is O=S(=O)(C1CCOCC1)N1CCC(Nc2ccc(Br)cn2)CC1. The number of nitrogens with one attached hydrogen (secondary N) is 1. The Kier molecular flexibility index (Phi) is 5.56. The van der Waals surface area contributed by atoms with Crippen LogP contribution in [0.15, 0.2) is 22.8 Å². The van der Waals surface area contributed by atoms with E-state index >= 15 is 0 Å². The molecular formula is C15H22BrN3O3S. The Labute approximate surface area is 145 Å². The topological polar surface area (TPSA) is 71.5 Å². The Morgan fingerprint density at radius 3 is 2.48 bits per heavy atom. The van der Waals surface area contributed by atoms with Gasteiger partial charge in [0.15, 0.2) is 0 Å². The highest BCUT2D eigenvalue weighted by Gasteiger charge is 2.35. The number of aromatic nitrogens is 1. The van der Waals surface area contributed by atoms with Crippen LogP contribution in [0.3, 0.4) is 0 Å². The number of halogens is 1. The summed E-state index contributed by atoms with van der Waals surface area (Å²) in [4.78, 5) is 4.31. The van der Waals surface area contributed by atoms with E-state index in [2.05, 4.69) is 26.2 Å². The molecule has 0 atom stereocenters. The molecule has 0 radical (unpaired) electrons. The normalized spacial score (nSPS) is 22.1. The number of ether oxygens (including phenoxy) is 1. The van der Waals surface area contributed by atoms with Gasteiger partial charge in [-0.1, -0.05) is 0 Å². The zero-order chi connectivity index (χ0) is 16.3. The minimum absolute atomic E-state index is 0.268. The molecule has 0 bridgehead atoms. The van der Waals surface area contributed by atoms with Gasteiger partial charge in [0.05, 0.1) is 5.25 Å². The van der Waals surface area contributed by atoms with Crippen molar-refractivity contribution in [2.24, 2.45) is 0 Å². The molecule has 0 unspecified atom stereocenters. The van der Waals surface area contributed by atoms with E-state index in [9.17, 15) is 8.42 Å². The van der Waals surface area contributed by atoms with Gasteiger partial charge in [0.25, 0.3) is 0 Å². The zero-order valence-electron chi connectivity index (χ0n) is 12.9. The highest BCUT2D eigenvalue weighted by atomic mass is 79.9. The highest BCUT2D eigenvalue weighted by molar-refractivity contribution is 9.10. The molecule has 2 aliphatic rings. The first-order valence-electron chi connectivity index (χ1n) is 8.00. The molecule has 128 valence electrons. The van der Waals surface area contributed by atoms with Gasteiger partial charge in [0, 0.05) is 43.0 Å². The molecule has 2 saturated heterocycles. The quantitative estimate of drug-likeness (QED) is 0.834. The van der Waals surface area contributed by atoms with Crippen LogP contribution in [0.4, 0.5) is 5.82 Å². The summed E-state index contributed by atoms with van der Waals surface area (Å²) in [6.45, 7) is 2.26. The predicted octanol–water partition coefficient (Wildman–Crippen LogP) is 2.23. The molecule has 3 heterocycles. The number of hydrogen-bond donors (Lipinski definition) is 1. The van der Waals surface area contributed by atoms with Crippen LogP contribution < -0.4 is 5.32 Å². The summed E-state index contributed by atoms with van der Waals surface area (Å²) in [5.74, 6) is 0.832. The van der Waals surface area contributed by atoms with Crippen molar-refractivity contribution in [3.8, 4) is 0 Å². The molecule has 0 saturated carbocycles. The van der Waals surface area contributed by atoms with E-state index in [1.165, 1.54) is 0 Å². The van der Waals surface area contributed by atoms with Crippen LogP contribution in [0, 0.1) is 0 Å². The molecule has 23 heavy (non-hydrogen) atoms. The van der Waals surface area contributed by atoms with Gasteiger partial charge in [-0.25, -0.2) is 17.7 Å². The molecule has 8 heteroatoms. The molecule has 2 fully saturated rings. The van der Waals surface area contributed by atoms with E-state index in [1.54, 1.807) is 10.5 Å². The van der Waals surface area contributed by atoms with Gasteiger partial charge in [-0.15, -0.1) is 0 Å². The molecule has 2 aliphatic heterocycles. The van der Waals surface area contributed by atoms with E-state index < -0.39 is 10.0 Å². The Morgan fingerprint density at radius 1 is 1.17 bits per heavy atom. The fourth-order valence-electron chi connectivity index (χ4n) is 3.11. The summed E-state index contributed by atoms with van der Waals surface area (Å²) in [6, 6.07) is 4.14. The first-order valence-corrected chi connectivity index (χ1v) is 10.3. The fourth-order valence-corrected chi connectivity index (χ4v) is 5.27. The van der Waals surface area contributed by atoms with Crippen molar-refractivity contribution in [2.75, 3.05) is 31.6 Å². The molecule has 1 N–H and O–H groups in total. The number of nitrogens with zero attached hydrogens (tertiary/aromatic N) is 2. The monoisotopic (exact) mass is 403 g/mol. The van der Waals surface area contributed by atoms with Crippen molar-refractivity contribution in [1.29, 1.82) is 0 Å². The van der Waals surface area contributed by atoms with Crippen LogP contribution in [-0.4, -0.2) is 55.3 Å². The van der Waals surface area contributed by atoms with Crippen LogP contribution in [0.2, 0.25) is 0 Å². The van der Waals surface area contributed by atoms with Gasteiger partial charge in [0.1, 0.15) is 5.82 Å². The van der Waals surface area contributed by atoms with Crippen LogP contribution >= 0.6 is 15.9 Å². The number of pyridine rings is 1. The van der Waals surface area contributed by atoms with Crippen molar-refractivity contribution in [3.05, 3.63) is 22.8 Å². The third-order valence-electron chi connectivity index (χ3n) is 4.48. The number of rotatable bonds is 4. The van der Waals surface area contributed by atoms with Crippen molar-refractivity contribution in [3.63, 3.8) is 0 Å². The lowest BCUT2D eigenvalue weighted by molar-refractivity contribution is 0.0969. The second-order valence-electron chi connectivity index (χ2n) is 6.04. The lowest BCUT2D eigenvalue weighted by Crippen LogP contribution is -2.47. The summed E-state index contributed by atoms with van der Waals surface area (Å²) in [7, 11) is -3.18. The van der Waals surface area contributed by atoms with Crippen molar-refractivity contribution in [1.82, 2.24) is 9.29 Å². The molecule has 1 aromatic heterocycles. The van der Waals surface area contributed by atoms with Gasteiger partial charge < -0.3 is 10.1 Å². The highest BCUT2D eigenvalue weighted by Crippen LogP contribution is 2.24. The fraction of sp³-hybridized carbons (Fsp3) is 0.667. The summed E-state index contributed by atoms with van der Waals surface area (Å²) in [5.41, 5.74) is 0. The zero-order valence-corrected chi connectivity index (χ0v) is 15.4. The van der Waals surface area contributed by atoms with Crippen LogP contribution in [-0.2, 0) is 14.8 Å². The third kappa shape index (κ3) is 4.23. The lowest BCUT2D eigenvalue weighted by Gasteiger charge is -2.35. The summed E-state index contributed by atoms with van der Waals surface area (Å²) in [5, 5.41) is 3.12. The van der Waals surface area contributed by atoms with Crippen LogP contribution in [0.1, 0.15) is 25.7 Å². The summed E-state index contributed by atoms with van der Waals surface area (Å²) < 4.78 is 33.2. The van der Waals surface area contributed by atoms with Crippen molar-refractivity contribution >= 4 is 31.8 Å². The maximum absolute atomic E-state index is 12.7. The number of hydrogen-bond acceptors (Lipinski definition) is 5. The maximum atomic E-state index is 12.7. The third-order valence-corrected chi connectivity index (χ3v) is 7.35. The van der Waals surface area contributed by atoms with Gasteiger partial charge in [-0.3, -0.25) is 0 Å². The average molecular weight is 404 g/mol. The molecule has 3 rings (SSSR count). The number of piperidine rings is 1. The summed E-state index contributed by atoms with van der Waals surface area (Å²) in [6.07, 6.45) is 4.60. The molecular weight excluding hydrogens is 382 g/mol.